The summed E-state index contributed by atoms with van der Waals surface area (Å²) in [6.07, 6.45) is 16.6. The van der Waals surface area contributed by atoms with Crippen molar-refractivity contribution in [3.05, 3.63) is 95.6 Å². The third-order valence-corrected chi connectivity index (χ3v) is 13.1. The van der Waals surface area contributed by atoms with E-state index in [2.05, 4.69) is 36.5 Å². The van der Waals surface area contributed by atoms with Crippen molar-refractivity contribution in [2.24, 2.45) is 0 Å². The second-order valence-electron chi connectivity index (χ2n) is 18.7. The molecule has 12 heteroatoms. The third-order valence-electron chi connectivity index (χ3n) is 13.1. The molecule has 1 aliphatic heterocycles. The highest BCUT2D eigenvalue weighted by atomic mass is 16.7. The van der Waals surface area contributed by atoms with Crippen LogP contribution in [0.5, 0.6) is 11.5 Å². The molecule has 0 radical (unpaired) electrons. The van der Waals surface area contributed by atoms with E-state index in [1.165, 1.54) is 43.2 Å². The minimum absolute atomic E-state index is 0.104. The average molecular weight is 960 g/mol. The molecule has 12 nitrogen and oxygen atoms in total. The van der Waals surface area contributed by atoms with Crippen LogP contribution in [0.15, 0.2) is 78.9 Å². The second-order valence-corrected chi connectivity index (χ2v) is 18.7. The molecule has 1 amide bonds. The first-order chi connectivity index (χ1) is 33.7. The molecule has 3 aromatic carbocycles. The van der Waals surface area contributed by atoms with Crippen molar-refractivity contribution < 1.29 is 53.0 Å². The van der Waals surface area contributed by atoms with Crippen LogP contribution in [0.3, 0.4) is 0 Å². The SMILES string of the molecule is CCCCCCCCCCC[C@@H](CC(=O)N[C@H]1[C@H](OCc2ccccc2)O[C@H](CO)[C@@H](O)[C@@H]1OC(=O)CCCCCCCc1ccc(OC)cc1)OC(=O)CCCCCCCc1ccc(OC)cc1. The number of aryl methyl sites for hydroxylation is 2. The fraction of sp³-hybridized carbons (Fsp3) is 0.632. The van der Waals surface area contributed by atoms with Gasteiger partial charge in [0.25, 0.3) is 0 Å². The van der Waals surface area contributed by atoms with E-state index in [-0.39, 0.29) is 31.8 Å². The van der Waals surface area contributed by atoms with Gasteiger partial charge in [-0.3, -0.25) is 14.4 Å². The van der Waals surface area contributed by atoms with Gasteiger partial charge in [-0.1, -0.05) is 151 Å². The Hall–Kier alpha value is -4.49. The highest BCUT2D eigenvalue weighted by Gasteiger charge is 2.48. The average Bonchev–Trinajstić information content (AvgIpc) is 3.36. The number of hydrogen-bond donors (Lipinski definition) is 3. The molecule has 1 fully saturated rings. The molecule has 4 rings (SSSR count). The standard InChI is InChI=1S/C57H85NO11/c1-4-5-6-7-8-9-10-15-23-30-49(67-52(61)31-24-16-11-13-19-26-44-33-37-47(64-2)38-34-44)41-51(60)58-54-56(55(63)50(42-59)68-57(54)66-43-46-28-21-18-22-29-46)69-53(62)32-25-17-12-14-20-27-45-35-39-48(65-3)40-36-45/h18,21-22,28-29,33-40,49-50,54-57,59,63H,4-17,19-20,23-27,30-32,41-43H2,1-3H3,(H,58,60)/t49-,50+,54+,55+,56+,57+/m0/s1. The summed E-state index contributed by atoms with van der Waals surface area (Å²) in [6, 6.07) is 24.6. The highest BCUT2D eigenvalue weighted by molar-refractivity contribution is 5.78. The second kappa shape index (κ2) is 34.7. The number of carbonyl (C=O) groups excluding carboxylic acids is 3. The molecule has 3 N–H and O–H groups in total. The Morgan fingerprint density at radius 2 is 1.13 bits per heavy atom. The van der Waals surface area contributed by atoms with Gasteiger partial charge < -0.3 is 44.0 Å². The van der Waals surface area contributed by atoms with E-state index >= 15 is 0 Å². The molecule has 0 saturated carbocycles. The number of hydrogen-bond acceptors (Lipinski definition) is 11. The van der Waals surface area contributed by atoms with Crippen LogP contribution in [0.2, 0.25) is 0 Å². The molecule has 0 bridgehead atoms. The number of amides is 1. The van der Waals surface area contributed by atoms with Crippen LogP contribution >= 0.6 is 0 Å². The Balaban J connectivity index is 1.33. The lowest BCUT2D eigenvalue weighted by molar-refractivity contribution is -0.276. The summed E-state index contributed by atoms with van der Waals surface area (Å²) in [4.78, 5) is 40.8. The zero-order valence-corrected chi connectivity index (χ0v) is 42.1. The quantitative estimate of drug-likeness (QED) is 0.0373. The minimum Gasteiger partial charge on any atom is -0.497 e. The molecule has 0 spiro atoms. The predicted molar refractivity (Wildman–Crippen MR) is 270 cm³/mol. The maximum Gasteiger partial charge on any atom is 0.306 e. The van der Waals surface area contributed by atoms with Crippen molar-refractivity contribution in [1.82, 2.24) is 5.32 Å². The van der Waals surface area contributed by atoms with Crippen LogP contribution in [-0.4, -0.2) is 85.6 Å². The predicted octanol–water partition coefficient (Wildman–Crippen LogP) is 11.1. The Bertz CT molecular complexity index is 1810. The number of methoxy groups -OCH3 is 2. The van der Waals surface area contributed by atoms with E-state index in [0.29, 0.717) is 19.3 Å². The summed E-state index contributed by atoms with van der Waals surface area (Å²) in [7, 11) is 3.33. The van der Waals surface area contributed by atoms with Crippen molar-refractivity contribution >= 4 is 17.8 Å². The van der Waals surface area contributed by atoms with Gasteiger partial charge in [0.15, 0.2) is 12.4 Å². The molecule has 0 aromatic heterocycles. The van der Waals surface area contributed by atoms with E-state index in [1.807, 2.05) is 54.6 Å². The summed E-state index contributed by atoms with van der Waals surface area (Å²) >= 11 is 0. The number of ether oxygens (including phenoxy) is 6. The van der Waals surface area contributed by atoms with Gasteiger partial charge in [-0.2, -0.15) is 0 Å². The fourth-order valence-electron chi connectivity index (χ4n) is 8.89. The van der Waals surface area contributed by atoms with E-state index in [0.717, 1.165) is 107 Å². The molecule has 0 aliphatic carbocycles. The summed E-state index contributed by atoms with van der Waals surface area (Å²) < 4.78 is 34.8. The molecule has 69 heavy (non-hydrogen) atoms. The number of rotatable bonds is 37. The number of esters is 2. The number of carbonyl (C=O) groups is 3. The lowest BCUT2D eigenvalue weighted by Gasteiger charge is -2.43. The zero-order valence-electron chi connectivity index (χ0n) is 42.1. The van der Waals surface area contributed by atoms with Crippen molar-refractivity contribution in [3.8, 4) is 11.5 Å². The van der Waals surface area contributed by atoms with Crippen LogP contribution in [-0.2, 0) is 52.8 Å². The molecular weight excluding hydrogens is 875 g/mol. The maximum absolute atomic E-state index is 14.1. The summed E-state index contributed by atoms with van der Waals surface area (Å²) in [5.41, 5.74) is 3.38. The molecular formula is C57H85NO11. The monoisotopic (exact) mass is 960 g/mol. The summed E-state index contributed by atoms with van der Waals surface area (Å²) in [5.74, 6) is 0.398. The Morgan fingerprint density at radius 3 is 1.67 bits per heavy atom. The molecule has 384 valence electrons. The lowest BCUT2D eigenvalue weighted by Crippen LogP contribution is -2.66. The molecule has 1 saturated heterocycles. The smallest absolute Gasteiger partial charge is 0.306 e. The number of benzene rings is 3. The largest absolute Gasteiger partial charge is 0.497 e. The van der Waals surface area contributed by atoms with Crippen molar-refractivity contribution in [2.45, 2.75) is 211 Å². The fourth-order valence-corrected chi connectivity index (χ4v) is 8.89. The van der Waals surface area contributed by atoms with Gasteiger partial charge >= 0.3 is 11.9 Å². The van der Waals surface area contributed by atoms with E-state index in [9.17, 15) is 24.6 Å². The van der Waals surface area contributed by atoms with Gasteiger partial charge in [0.1, 0.15) is 35.9 Å². The highest BCUT2D eigenvalue weighted by Crippen LogP contribution is 2.27. The molecule has 1 heterocycles. The summed E-state index contributed by atoms with van der Waals surface area (Å²) in [6.45, 7) is 1.77. The molecule has 3 aromatic rings. The van der Waals surface area contributed by atoms with E-state index < -0.39 is 55.2 Å². The molecule has 6 atom stereocenters. The van der Waals surface area contributed by atoms with Crippen LogP contribution in [0, 0.1) is 0 Å². The van der Waals surface area contributed by atoms with Crippen LogP contribution in [0.25, 0.3) is 0 Å². The lowest BCUT2D eigenvalue weighted by atomic mass is 9.96. The van der Waals surface area contributed by atoms with Gasteiger partial charge in [-0.25, -0.2) is 0 Å². The van der Waals surface area contributed by atoms with Crippen LogP contribution in [0.1, 0.15) is 171 Å². The number of aliphatic hydroxyl groups is 2. The number of unbranched alkanes of at least 4 members (excludes halogenated alkanes) is 16. The van der Waals surface area contributed by atoms with Crippen molar-refractivity contribution in [1.29, 1.82) is 0 Å². The van der Waals surface area contributed by atoms with Gasteiger partial charge in [0.2, 0.25) is 5.91 Å². The summed E-state index contributed by atoms with van der Waals surface area (Å²) in [5, 5.41) is 24.7. The first-order valence-electron chi connectivity index (χ1n) is 26.3. The number of nitrogens with one attached hydrogen (secondary N) is 1. The Morgan fingerprint density at radius 1 is 0.623 bits per heavy atom. The maximum atomic E-state index is 14.1. The first kappa shape index (κ1) is 57.1. The molecule has 0 unspecified atom stereocenters. The number of aliphatic hydroxyl groups excluding tert-OH is 2. The topological polar surface area (TPSA) is 159 Å². The van der Waals surface area contributed by atoms with Crippen LogP contribution in [0.4, 0.5) is 0 Å². The van der Waals surface area contributed by atoms with E-state index in [4.69, 9.17) is 28.4 Å². The Labute approximate surface area is 413 Å². The van der Waals surface area contributed by atoms with Crippen molar-refractivity contribution in [3.63, 3.8) is 0 Å². The first-order valence-corrected chi connectivity index (χ1v) is 26.3. The Kier molecular flexibility index (Phi) is 28.8. The van der Waals surface area contributed by atoms with Gasteiger partial charge in [-0.05, 0) is 92.3 Å². The van der Waals surface area contributed by atoms with E-state index in [1.54, 1.807) is 14.2 Å². The minimum atomic E-state index is -1.45. The third kappa shape index (κ3) is 23.3. The normalized spacial score (nSPS) is 18.3. The van der Waals surface area contributed by atoms with Gasteiger partial charge in [-0.15, -0.1) is 0 Å². The zero-order chi connectivity index (χ0) is 49.3. The van der Waals surface area contributed by atoms with Crippen molar-refractivity contribution in [2.75, 3.05) is 20.8 Å². The van der Waals surface area contributed by atoms with Crippen LogP contribution < -0.4 is 14.8 Å². The van der Waals surface area contributed by atoms with Gasteiger partial charge in [0, 0.05) is 12.8 Å². The molecule has 1 aliphatic rings. The van der Waals surface area contributed by atoms with Gasteiger partial charge in [0.05, 0.1) is 33.9 Å².